The van der Waals surface area contributed by atoms with E-state index < -0.39 is 12.2 Å². The summed E-state index contributed by atoms with van der Waals surface area (Å²) in [7, 11) is 0. The van der Waals surface area contributed by atoms with E-state index >= 15 is 0 Å². The van der Waals surface area contributed by atoms with Crippen LogP contribution >= 0.6 is 11.3 Å². The van der Waals surface area contributed by atoms with Gasteiger partial charge in [-0.1, -0.05) is 48.5 Å². The Balaban J connectivity index is 1.53. The predicted molar refractivity (Wildman–Crippen MR) is 103 cm³/mol. The zero-order valence-corrected chi connectivity index (χ0v) is 15.3. The van der Waals surface area contributed by atoms with E-state index in [0.29, 0.717) is 12.3 Å². The average Bonchev–Trinajstić information content (AvgIpc) is 3.16. The maximum atomic E-state index is 12.2. The molecule has 134 valence electrons. The lowest BCUT2D eigenvalue weighted by Gasteiger charge is -2.14. The molecule has 3 rings (SSSR count). The summed E-state index contributed by atoms with van der Waals surface area (Å²) in [6, 6.07) is 22.6. The Morgan fingerprint density at radius 3 is 2.38 bits per heavy atom. The lowest BCUT2D eigenvalue weighted by Crippen LogP contribution is -2.35. The van der Waals surface area contributed by atoms with Crippen molar-refractivity contribution in [2.75, 3.05) is 0 Å². The fraction of sp³-hybridized carbons (Fsp3) is 0.190. The normalized spacial score (nSPS) is 13.0. The number of carbonyl (C=O) groups excluding carboxylic acids is 1. The number of rotatable bonds is 7. The SMILES string of the molecule is C[C@@H](Oc1ccccc1)C(=O)NCc1ccc([C@H](O)c2ccccc2)s1. The first-order chi connectivity index (χ1) is 12.6. The van der Waals surface area contributed by atoms with Crippen molar-refractivity contribution in [2.24, 2.45) is 0 Å². The summed E-state index contributed by atoms with van der Waals surface area (Å²) in [5.74, 6) is 0.493. The molecule has 1 aromatic heterocycles. The third-order valence-corrected chi connectivity index (χ3v) is 5.07. The molecule has 0 saturated carbocycles. The molecular weight excluding hydrogens is 346 g/mol. The smallest absolute Gasteiger partial charge is 0.261 e. The summed E-state index contributed by atoms with van der Waals surface area (Å²) in [5, 5.41) is 13.3. The summed E-state index contributed by atoms with van der Waals surface area (Å²) < 4.78 is 5.62. The number of hydrogen-bond acceptors (Lipinski definition) is 4. The van der Waals surface area contributed by atoms with Crippen molar-refractivity contribution in [3.05, 3.63) is 88.1 Å². The Morgan fingerprint density at radius 1 is 1.04 bits per heavy atom. The van der Waals surface area contributed by atoms with Crippen LogP contribution < -0.4 is 10.1 Å². The highest BCUT2D eigenvalue weighted by atomic mass is 32.1. The van der Waals surface area contributed by atoms with Gasteiger partial charge in [-0.3, -0.25) is 4.79 Å². The molecule has 5 heteroatoms. The number of aliphatic hydroxyl groups is 1. The fourth-order valence-corrected chi connectivity index (χ4v) is 3.48. The topological polar surface area (TPSA) is 58.6 Å². The number of ether oxygens (including phenoxy) is 1. The maximum Gasteiger partial charge on any atom is 0.261 e. The monoisotopic (exact) mass is 367 g/mol. The lowest BCUT2D eigenvalue weighted by atomic mass is 10.1. The van der Waals surface area contributed by atoms with Gasteiger partial charge in [-0.2, -0.15) is 0 Å². The number of amides is 1. The van der Waals surface area contributed by atoms with Crippen molar-refractivity contribution in [2.45, 2.75) is 25.7 Å². The summed E-state index contributed by atoms with van der Waals surface area (Å²) in [4.78, 5) is 14.0. The second kappa shape index (κ2) is 8.65. The molecule has 0 saturated heterocycles. The van der Waals surface area contributed by atoms with Crippen LogP contribution in [0.4, 0.5) is 0 Å². The van der Waals surface area contributed by atoms with Crippen LogP contribution in [0.1, 0.15) is 28.3 Å². The Bertz CT molecular complexity index is 833. The molecule has 0 unspecified atom stereocenters. The molecule has 26 heavy (non-hydrogen) atoms. The van der Waals surface area contributed by atoms with Crippen LogP contribution in [0.2, 0.25) is 0 Å². The molecule has 4 nitrogen and oxygen atoms in total. The van der Waals surface area contributed by atoms with Crippen LogP contribution in [0, 0.1) is 0 Å². The molecule has 0 fully saturated rings. The molecule has 2 atom stereocenters. The standard InChI is InChI=1S/C21H21NO3S/c1-15(25-17-10-6-3-7-11-17)21(24)22-14-18-12-13-19(26-18)20(23)16-8-4-2-5-9-16/h2-13,15,20,23H,14H2,1H3,(H,22,24)/t15-,20-/m1/s1. The molecule has 0 aliphatic carbocycles. The highest BCUT2D eigenvalue weighted by Gasteiger charge is 2.16. The first-order valence-corrected chi connectivity index (χ1v) is 9.26. The zero-order chi connectivity index (χ0) is 18.4. The third-order valence-electron chi connectivity index (χ3n) is 3.93. The number of hydrogen-bond donors (Lipinski definition) is 2. The Labute approximate surface area is 157 Å². The van der Waals surface area contributed by atoms with Gasteiger partial charge in [0, 0.05) is 9.75 Å². The van der Waals surface area contributed by atoms with E-state index in [1.54, 1.807) is 6.92 Å². The van der Waals surface area contributed by atoms with Gasteiger partial charge in [-0.25, -0.2) is 0 Å². The molecule has 2 aromatic carbocycles. The number of aliphatic hydroxyl groups excluding tert-OH is 1. The first-order valence-electron chi connectivity index (χ1n) is 8.44. The summed E-state index contributed by atoms with van der Waals surface area (Å²) in [6.07, 6.45) is -1.22. The van der Waals surface area contributed by atoms with Crippen LogP contribution in [0.25, 0.3) is 0 Å². The van der Waals surface area contributed by atoms with Crippen LogP contribution in [0.5, 0.6) is 5.75 Å². The first kappa shape index (κ1) is 18.2. The van der Waals surface area contributed by atoms with Crippen LogP contribution in [0.3, 0.4) is 0 Å². The third kappa shape index (κ3) is 4.71. The van der Waals surface area contributed by atoms with Crippen molar-refractivity contribution in [3.63, 3.8) is 0 Å². The molecule has 0 aliphatic rings. The summed E-state index contributed by atoms with van der Waals surface area (Å²) >= 11 is 1.49. The van der Waals surface area contributed by atoms with E-state index in [4.69, 9.17) is 4.74 Å². The van der Waals surface area contributed by atoms with Crippen molar-refractivity contribution in [3.8, 4) is 5.75 Å². The molecular formula is C21H21NO3S. The second-order valence-electron chi connectivity index (χ2n) is 5.91. The van der Waals surface area contributed by atoms with E-state index in [-0.39, 0.29) is 5.91 Å². The van der Waals surface area contributed by atoms with E-state index in [1.165, 1.54) is 11.3 Å². The largest absolute Gasteiger partial charge is 0.481 e. The molecule has 0 spiro atoms. The molecule has 0 aliphatic heterocycles. The Morgan fingerprint density at radius 2 is 1.69 bits per heavy atom. The van der Waals surface area contributed by atoms with Gasteiger partial charge in [0.1, 0.15) is 11.9 Å². The number of benzene rings is 2. The summed E-state index contributed by atoms with van der Waals surface area (Å²) in [6.45, 7) is 2.13. The van der Waals surface area contributed by atoms with Crippen molar-refractivity contribution in [1.82, 2.24) is 5.32 Å². The minimum Gasteiger partial charge on any atom is -0.481 e. The Kier molecular flexibility index (Phi) is 6.04. The molecule has 0 bridgehead atoms. The molecule has 0 radical (unpaired) electrons. The van der Waals surface area contributed by atoms with Crippen molar-refractivity contribution in [1.29, 1.82) is 0 Å². The van der Waals surface area contributed by atoms with Gasteiger partial charge in [-0.05, 0) is 36.8 Å². The zero-order valence-electron chi connectivity index (χ0n) is 14.5. The number of thiophene rings is 1. The van der Waals surface area contributed by atoms with Gasteiger partial charge >= 0.3 is 0 Å². The molecule has 1 heterocycles. The average molecular weight is 367 g/mol. The predicted octanol–water partition coefficient (Wildman–Crippen LogP) is 3.91. The van der Waals surface area contributed by atoms with Crippen molar-refractivity contribution < 1.29 is 14.6 Å². The number of nitrogens with one attached hydrogen (secondary N) is 1. The van der Waals surface area contributed by atoms with Crippen LogP contribution in [-0.4, -0.2) is 17.1 Å². The van der Waals surface area contributed by atoms with E-state index in [9.17, 15) is 9.90 Å². The lowest BCUT2D eigenvalue weighted by molar-refractivity contribution is -0.127. The number of carbonyl (C=O) groups is 1. The van der Waals surface area contributed by atoms with Gasteiger partial charge in [0.2, 0.25) is 0 Å². The van der Waals surface area contributed by atoms with E-state index in [2.05, 4.69) is 5.32 Å². The van der Waals surface area contributed by atoms with E-state index in [0.717, 1.165) is 15.3 Å². The Hall–Kier alpha value is -2.63. The van der Waals surface area contributed by atoms with Gasteiger partial charge in [0.25, 0.3) is 5.91 Å². The summed E-state index contributed by atoms with van der Waals surface area (Å²) in [5.41, 5.74) is 0.856. The second-order valence-corrected chi connectivity index (χ2v) is 7.11. The highest BCUT2D eigenvalue weighted by molar-refractivity contribution is 7.12. The minimum absolute atomic E-state index is 0.174. The molecule has 3 aromatic rings. The van der Waals surface area contributed by atoms with Gasteiger partial charge in [0.15, 0.2) is 6.10 Å². The van der Waals surface area contributed by atoms with Gasteiger partial charge < -0.3 is 15.2 Å². The molecule has 1 amide bonds. The van der Waals surface area contributed by atoms with Crippen molar-refractivity contribution >= 4 is 17.2 Å². The van der Waals surface area contributed by atoms with E-state index in [1.807, 2.05) is 72.8 Å². The minimum atomic E-state index is -0.647. The molecule has 2 N–H and O–H groups in total. The van der Waals surface area contributed by atoms with Crippen LogP contribution in [0.15, 0.2) is 72.8 Å². The van der Waals surface area contributed by atoms with Gasteiger partial charge in [-0.15, -0.1) is 11.3 Å². The highest BCUT2D eigenvalue weighted by Crippen LogP contribution is 2.28. The van der Waals surface area contributed by atoms with Crippen LogP contribution in [-0.2, 0) is 11.3 Å². The quantitative estimate of drug-likeness (QED) is 0.666. The maximum absolute atomic E-state index is 12.2. The number of para-hydroxylation sites is 1. The fourth-order valence-electron chi connectivity index (χ4n) is 2.51. The van der Waals surface area contributed by atoms with Gasteiger partial charge in [0.05, 0.1) is 6.54 Å².